The maximum atomic E-state index is 12.4. The molecule has 1 aliphatic heterocycles. The number of carbonyl (C=O) groups excluding carboxylic acids is 3. The molecule has 3 rings (SSSR count). The molecular formula is C21H24F2N2O5. The Balaban J connectivity index is 1.44. The first-order chi connectivity index (χ1) is 14.4. The number of benzene rings is 1. The van der Waals surface area contributed by atoms with Crippen molar-refractivity contribution in [3.8, 4) is 11.5 Å². The third-order valence-electron chi connectivity index (χ3n) is 5.34. The van der Waals surface area contributed by atoms with Crippen LogP contribution in [0.2, 0.25) is 0 Å². The molecule has 1 saturated heterocycles. The number of rotatable bonds is 9. The van der Waals surface area contributed by atoms with Gasteiger partial charge in [0.15, 0.2) is 11.5 Å². The van der Waals surface area contributed by atoms with Gasteiger partial charge in [0, 0.05) is 19.5 Å². The van der Waals surface area contributed by atoms with Crippen LogP contribution in [0.1, 0.15) is 24.8 Å². The van der Waals surface area contributed by atoms with Gasteiger partial charge in [-0.25, -0.2) is 0 Å². The van der Waals surface area contributed by atoms with Gasteiger partial charge in [-0.3, -0.25) is 19.3 Å². The van der Waals surface area contributed by atoms with Crippen LogP contribution in [0.15, 0.2) is 30.4 Å². The summed E-state index contributed by atoms with van der Waals surface area (Å²) in [5.74, 6) is -1.12. The molecule has 30 heavy (non-hydrogen) atoms. The van der Waals surface area contributed by atoms with E-state index in [1.54, 1.807) is 12.1 Å². The molecule has 0 aromatic heterocycles. The van der Waals surface area contributed by atoms with Crippen LogP contribution in [0.25, 0.3) is 0 Å². The lowest BCUT2D eigenvalue weighted by molar-refractivity contribution is -0.140. The van der Waals surface area contributed by atoms with E-state index in [9.17, 15) is 23.2 Å². The van der Waals surface area contributed by atoms with Gasteiger partial charge in [-0.05, 0) is 37.0 Å². The van der Waals surface area contributed by atoms with E-state index in [0.29, 0.717) is 25.8 Å². The number of halogens is 2. The second-order valence-electron chi connectivity index (χ2n) is 7.20. The van der Waals surface area contributed by atoms with Gasteiger partial charge in [0.2, 0.25) is 17.7 Å². The predicted octanol–water partition coefficient (Wildman–Crippen LogP) is 2.30. The number of nitrogens with one attached hydrogen (secondary N) is 1. The van der Waals surface area contributed by atoms with E-state index < -0.39 is 6.61 Å². The van der Waals surface area contributed by atoms with Gasteiger partial charge in [0.1, 0.15) is 0 Å². The fourth-order valence-electron chi connectivity index (χ4n) is 3.80. The van der Waals surface area contributed by atoms with Gasteiger partial charge in [-0.2, -0.15) is 8.78 Å². The van der Waals surface area contributed by atoms with Crippen molar-refractivity contribution in [2.24, 2.45) is 11.8 Å². The SMILES string of the molecule is COc1cc(CCNC(=O)CCN2C(=O)C3CC=CCC3C2=O)ccc1OC(F)F. The van der Waals surface area contributed by atoms with Crippen molar-refractivity contribution in [3.63, 3.8) is 0 Å². The zero-order chi connectivity index (χ0) is 21.7. The van der Waals surface area contributed by atoms with Crippen LogP contribution in [-0.2, 0) is 20.8 Å². The average molecular weight is 422 g/mol. The molecule has 0 saturated carbocycles. The average Bonchev–Trinajstić information content (AvgIpc) is 2.97. The molecule has 1 aromatic rings. The normalized spacial score (nSPS) is 20.5. The summed E-state index contributed by atoms with van der Waals surface area (Å²) in [7, 11) is 1.35. The molecule has 1 aliphatic carbocycles. The van der Waals surface area contributed by atoms with Crippen molar-refractivity contribution in [3.05, 3.63) is 35.9 Å². The number of methoxy groups -OCH3 is 1. The number of carbonyl (C=O) groups is 3. The van der Waals surface area contributed by atoms with E-state index in [1.807, 2.05) is 12.2 Å². The summed E-state index contributed by atoms with van der Waals surface area (Å²) in [5.41, 5.74) is 0.773. The van der Waals surface area contributed by atoms with Crippen LogP contribution in [0.5, 0.6) is 11.5 Å². The van der Waals surface area contributed by atoms with Gasteiger partial charge in [-0.15, -0.1) is 0 Å². The predicted molar refractivity (Wildman–Crippen MR) is 103 cm³/mol. The van der Waals surface area contributed by atoms with Crippen molar-refractivity contribution in [1.29, 1.82) is 0 Å². The number of likely N-dealkylation sites (tertiary alicyclic amines) is 1. The molecule has 1 N–H and O–H groups in total. The van der Waals surface area contributed by atoms with Crippen LogP contribution < -0.4 is 14.8 Å². The summed E-state index contributed by atoms with van der Waals surface area (Å²) >= 11 is 0. The van der Waals surface area contributed by atoms with E-state index in [1.165, 1.54) is 18.1 Å². The monoisotopic (exact) mass is 422 g/mol. The first-order valence-electron chi connectivity index (χ1n) is 9.79. The van der Waals surface area contributed by atoms with Crippen LogP contribution in [0.3, 0.4) is 0 Å². The highest BCUT2D eigenvalue weighted by molar-refractivity contribution is 6.05. The topological polar surface area (TPSA) is 84.9 Å². The van der Waals surface area contributed by atoms with Crippen molar-refractivity contribution in [2.75, 3.05) is 20.2 Å². The highest BCUT2D eigenvalue weighted by atomic mass is 19.3. The first kappa shape index (κ1) is 21.7. The molecule has 0 spiro atoms. The molecule has 1 heterocycles. The van der Waals surface area contributed by atoms with Crippen molar-refractivity contribution in [2.45, 2.75) is 32.3 Å². The number of fused-ring (bicyclic) bond motifs is 1. The number of hydrogen-bond donors (Lipinski definition) is 1. The summed E-state index contributed by atoms with van der Waals surface area (Å²) in [4.78, 5) is 38.1. The van der Waals surface area contributed by atoms with E-state index in [4.69, 9.17) is 4.74 Å². The molecule has 0 radical (unpaired) electrons. The summed E-state index contributed by atoms with van der Waals surface area (Å²) in [6.45, 7) is -2.56. The Labute approximate surface area is 173 Å². The van der Waals surface area contributed by atoms with Crippen LogP contribution in [0.4, 0.5) is 8.78 Å². The lowest BCUT2D eigenvalue weighted by Gasteiger charge is -2.14. The molecule has 7 nitrogen and oxygen atoms in total. The lowest BCUT2D eigenvalue weighted by Crippen LogP contribution is -2.35. The molecule has 2 unspecified atom stereocenters. The van der Waals surface area contributed by atoms with Crippen LogP contribution >= 0.6 is 0 Å². The second-order valence-corrected chi connectivity index (χ2v) is 7.20. The molecule has 3 amide bonds. The number of allylic oxidation sites excluding steroid dienone is 2. The zero-order valence-corrected chi connectivity index (χ0v) is 16.6. The van der Waals surface area contributed by atoms with E-state index in [-0.39, 0.29) is 54.0 Å². The zero-order valence-electron chi connectivity index (χ0n) is 16.6. The van der Waals surface area contributed by atoms with E-state index in [2.05, 4.69) is 10.1 Å². The summed E-state index contributed by atoms with van der Waals surface area (Å²) in [6.07, 6.45) is 5.47. The highest BCUT2D eigenvalue weighted by Crippen LogP contribution is 2.35. The fourth-order valence-corrected chi connectivity index (χ4v) is 3.80. The Hall–Kier alpha value is -2.97. The van der Waals surface area contributed by atoms with Crippen LogP contribution in [0, 0.1) is 11.8 Å². The Morgan fingerprint density at radius 2 is 1.83 bits per heavy atom. The third-order valence-corrected chi connectivity index (χ3v) is 5.34. The molecule has 0 bridgehead atoms. The molecule has 2 aliphatic rings. The molecule has 1 aromatic carbocycles. The minimum Gasteiger partial charge on any atom is -0.493 e. The Kier molecular flexibility index (Phi) is 7.02. The molecule has 9 heteroatoms. The highest BCUT2D eigenvalue weighted by Gasteiger charge is 2.46. The van der Waals surface area contributed by atoms with E-state index >= 15 is 0 Å². The Morgan fingerprint density at radius 3 is 2.43 bits per heavy atom. The molecular weight excluding hydrogens is 398 g/mol. The van der Waals surface area contributed by atoms with Gasteiger partial charge in [0.25, 0.3) is 0 Å². The smallest absolute Gasteiger partial charge is 0.387 e. The van der Waals surface area contributed by atoms with Gasteiger partial charge in [0.05, 0.1) is 18.9 Å². The first-order valence-corrected chi connectivity index (χ1v) is 9.79. The molecule has 2 atom stereocenters. The number of hydrogen-bond acceptors (Lipinski definition) is 5. The third kappa shape index (κ3) is 4.95. The van der Waals surface area contributed by atoms with Crippen molar-refractivity contribution >= 4 is 17.7 Å². The largest absolute Gasteiger partial charge is 0.493 e. The summed E-state index contributed by atoms with van der Waals surface area (Å²) < 4.78 is 34.2. The fraction of sp³-hybridized carbons (Fsp3) is 0.476. The van der Waals surface area contributed by atoms with Crippen molar-refractivity contribution in [1.82, 2.24) is 10.2 Å². The number of amides is 3. The quantitative estimate of drug-likeness (QED) is 0.488. The maximum Gasteiger partial charge on any atom is 0.387 e. The molecule has 162 valence electrons. The number of alkyl halides is 2. The Bertz CT molecular complexity index is 817. The Morgan fingerprint density at radius 1 is 1.17 bits per heavy atom. The van der Waals surface area contributed by atoms with Gasteiger partial charge < -0.3 is 14.8 Å². The lowest BCUT2D eigenvalue weighted by atomic mass is 9.85. The standard InChI is InChI=1S/C21H24F2N2O5/c1-29-17-12-13(6-7-16(17)30-21(22)23)8-10-24-18(26)9-11-25-19(27)14-4-2-3-5-15(14)20(25)28/h2-3,6-7,12,14-15,21H,4-5,8-11H2,1H3,(H,24,26). The summed E-state index contributed by atoms with van der Waals surface area (Å²) in [5, 5.41) is 2.74. The number of imide groups is 1. The van der Waals surface area contributed by atoms with Crippen molar-refractivity contribution < 1.29 is 32.6 Å². The van der Waals surface area contributed by atoms with Crippen LogP contribution in [-0.4, -0.2) is 49.4 Å². The van der Waals surface area contributed by atoms with Gasteiger partial charge in [-0.1, -0.05) is 18.2 Å². The second kappa shape index (κ2) is 9.69. The van der Waals surface area contributed by atoms with E-state index in [0.717, 1.165) is 5.56 Å². The summed E-state index contributed by atoms with van der Waals surface area (Å²) in [6, 6.07) is 4.58. The molecule has 1 fully saturated rings. The number of nitrogens with zero attached hydrogens (tertiary/aromatic N) is 1. The minimum absolute atomic E-state index is 0.0365. The minimum atomic E-state index is -2.95. The maximum absolute atomic E-state index is 12.4. The van der Waals surface area contributed by atoms with Gasteiger partial charge >= 0.3 is 6.61 Å². The number of ether oxygens (including phenoxy) is 2.